The Labute approximate surface area is 204 Å². The first-order chi connectivity index (χ1) is 16.5. The third-order valence-corrected chi connectivity index (χ3v) is 7.26. The molecule has 1 aliphatic rings. The number of carbonyl (C=O) groups is 2. The molecule has 174 valence electrons. The van der Waals surface area contributed by atoms with Crippen LogP contribution in [-0.2, 0) is 6.54 Å². The number of hydrogen-bond acceptors (Lipinski definition) is 5. The van der Waals surface area contributed by atoms with Crippen molar-refractivity contribution in [3.8, 4) is 0 Å². The van der Waals surface area contributed by atoms with E-state index in [1.165, 1.54) is 23.5 Å². The number of furan rings is 1. The van der Waals surface area contributed by atoms with Gasteiger partial charge in [0.05, 0.1) is 10.0 Å². The van der Waals surface area contributed by atoms with E-state index in [2.05, 4.69) is 10.3 Å². The molecule has 1 fully saturated rings. The predicted molar refractivity (Wildman–Crippen MR) is 129 cm³/mol. The highest BCUT2D eigenvalue weighted by molar-refractivity contribution is 7.09. The second-order valence-electron chi connectivity index (χ2n) is 8.22. The molecule has 0 atom stereocenters. The molecule has 0 saturated carbocycles. The zero-order chi connectivity index (χ0) is 23.7. The Morgan fingerprint density at radius 3 is 2.74 bits per heavy atom. The molecule has 0 unspecified atom stereocenters. The van der Waals surface area contributed by atoms with Gasteiger partial charge in [0, 0.05) is 36.3 Å². The van der Waals surface area contributed by atoms with Crippen LogP contribution in [0.1, 0.15) is 50.4 Å². The lowest BCUT2D eigenvalue weighted by atomic mass is 9.97. The van der Waals surface area contributed by atoms with Gasteiger partial charge in [0.1, 0.15) is 17.1 Å². The number of benzene rings is 2. The first-order valence-electron chi connectivity index (χ1n) is 10.9. The monoisotopic (exact) mass is 497 g/mol. The lowest BCUT2D eigenvalue weighted by Crippen LogP contribution is -2.37. The van der Waals surface area contributed by atoms with Gasteiger partial charge in [-0.1, -0.05) is 35.9 Å². The van der Waals surface area contributed by atoms with Crippen LogP contribution in [-0.4, -0.2) is 34.8 Å². The van der Waals surface area contributed by atoms with Crippen LogP contribution in [0.4, 0.5) is 4.39 Å². The number of aromatic nitrogens is 1. The Bertz CT molecular complexity index is 1330. The summed E-state index contributed by atoms with van der Waals surface area (Å²) >= 11 is 7.25. The third kappa shape index (κ3) is 4.69. The first-order valence-corrected chi connectivity index (χ1v) is 12.2. The van der Waals surface area contributed by atoms with Gasteiger partial charge in [-0.25, -0.2) is 9.37 Å². The zero-order valence-corrected chi connectivity index (χ0v) is 19.7. The van der Waals surface area contributed by atoms with Gasteiger partial charge < -0.3 is 14.6 Å². The van der Waals surface area contributed by atoms with E-state index < -0.39 is 5.82 Å². The molecule has 3 heterocycles. The van der Waals surface area contributed by atoms with Gasteiger partial charge in [-0.05, 0) is 42.7 Å². The Morgan fingerprint density at radius 1 is 1.18 bits per heavy atom. The van der Waals surface area contributed by atoms with E-state index in [1.54, 1.807) is 17.5 Å². The summed E-state index contributed by atoms with van der Waals surface area (Å²) in [7, 11) is 0. The molecule has 2 aromatic heterocycles. The summed E-state index contributed by atoms with van der Waals surface area (Å²) in [5.41, 5.74) is 1.77. The number of carbonyl (C=O) groups excluding carboxylic acids is 2. The molecule has 34 heavy (non-hydrogen) atoms. The first kappa shape index (κ1) is 22.6. The number of likely N-dealkylation sites (tertiary alicyclic amines) is 1. The van der Waals surface area contributed by atoms with Crippen molar-refractivity contribution in [1.82, 2.24) is 15.2 Å². The molecule has 1 N–H and O–H groups in total. The van der Waals surface area contributed by atoms with E-state index in [0.29, 0.717) is 35.7 Å². The van der Waals surface area contributed by atoms with Crippen molar-refractivity contribution in [2.24, 2.45) is 0 Å². The maximum absolute atomic E-state index is 13.3. The van der Waals surface area contributed by atoms with Crippen LogP contribution in [0.25, 0.3) is 11.0 Å². The van der Waals surface area contributed by atoms with Crippen LogP contribution in [0.5, 0.6) is 0 Å². The number of nitrogens with one attached hydrogen (secondary N) is 1. The van der Waals surface area contributed by atoms with Gasteiger partial charge in [-0.2, -0.15) is 0 Å². The summed E-state index contributed by atoms with van der Waals surface area (Å²) in [5.74, 6) is -0.334. The molecule has 0 aliphatic carbocycles. The second kappa shape index (κ2) is 9.56. The number of halogens is 2. The standard InChI is InChI=1S/C25H21ClFN3O3S/c26-18-11-15(5-6-19(18)27)13-28-23(31)20-14-34-24(29-20)16-7-9-30(10-8-16)25(32)22-12-17-3-1-2-4-21(17)33-22/h1-6,11-12,14,16H,7-10,13H2,(H,28,31). The van der Waals surface area contributed by atoms with Gasteiger partial charge in [0.25, 0.3) is 11.8 Å². The highest BCUT2D eigenvalue weighted by Gasteiger charge is 2.28. The zero-order valence-electron chi connectivity index (χ0n) is 18.1. The number of para-hydroxylation sites is 1. The van der Waals surface area contributed by atoms with E-state index >= 15 is 0 Å². The van der Waals surface area contributed by atoms with Crippen LogP contribution >= 0.6 is 22.9 Å². The van der Waals surface area contributed by atoms with E-state index in [9.17, 15) is 14.0 Å². The van der Waals surface area contributed by atoms with Crippen LogP contribution in [0.3, 0.4) is 0 Å². The van der Waals surface area contributed by atoms with Gasteiger partial charge in [-0.3, -0.25) is 9.59 Å². The maximum atomic E-state index is 13.3. The molecule has 5 rings (SSSR count). The number of rotatable bonds is 5. The van der Waals surface area contributed by atoms with Crippen LogP contribution in [0.2, 0.25) is 5.02 Å². The molecule has 2 amide bonds. The van der Waals surface area contributed by atoms with E-state index in [-0.39, 0.29) is 29.3 Å². The van der Waals surface area contributed by atoms with Crippen molar-refractivity contribution >= 4 is 45.7 Å². The summed E-state index contributed by atoms with van der Waals surface area (Å²) < 4.78 is 19.0. The Hall–Kier alpha value is -3.23. The van der Waals surface area contributed by atoms with Gasteiger partial charge >= 0.3 is 0 Å². The molecule has 2 aromatic carbocycles. The topological polar surface area (TPSA) is 75.4 Å². The molecule has 4 aromatic rings. The number of amides is 2. The number of hydrogen-bond donors (Lipinski definition) is 1. The maximum Gasteiger partial charge on any atom is 0.289 e. The molecule has 0 radical (unpaired) electrons. The number of piperidine rings is 1. The number of thiazole rings is 1. The number of nitrogens with zero attached hydrogens (tertiary/aromatic N) is 2. The molecule has 0 bridgehead atoms. The van der Waals surface area contributed by atoms with Crippen molar-refractivity contribution in [2.45, 2.75) is 25.3 Å². The minimum absolute atomic E-state index is 0.0211. The molecule has 0 spiro atoms. The van der Waals surface area contributed by atoms with E-state index in [0.717, 1.165) is 23.2 Å². The van der Waals surface area contributed by atoms with Crippen LogP contribution < -0.4 is 5.32 Å². The average molecular weight is 498 g/mol. The Balaban J connectivity index is 1.16. The summed E-state index contributed by atoms with van der Waals surface area (Å²) in [6, 6.07) is 13.7. The highest BCUT2D eigenvalue weighted by Crippen LogP contribution is 2.31. The highest BCUT2D eigenvalue weighted by atomic mass is 35.5. The molecular weight excluding hydrogens is 477 g/mol. The fourth-order valence-electron chi connectivity index (χ4n) is 4.07. The fourth-order valence-corrected chi connectivity index (χ4v) is 5.25. The van der Waals surface area contributed by atoms with Gasteiger partial charge in [-0.15, -0.1) is 11.3 Å². The molecule has 1 aliphatic heterocycles. The molecule has 1 saturated heterocycles. The molecule has 6 nitrogen and oxygen atoms in total. The summed E-state index contributed by atoms with van der Waals surface area (Å²) in [5, 5.41) is 6.36. The lowest BCUT2D eigenvalue weighted by Gasteiger charge is -2.30. The van der Waals surface area contributed by atoms with Crippen molar-refractivity contribution in [2.75, 3.05) is 13.1 Å². The van der Waals surface area contributed by atoms with Crippen molar-refractivity contribution in [1.29, 1.82) is 0 Å². The summed E-state index contributed by atoms with van der Waals surface area (Å²) in [6.45, 7) is 1.44. The normalized spacial score (nSPS) is 14.5. The molecular formula is C25H21ClFN3O3S. The van der Waals surface area contributed by atoms with Crippen LogP contribution in [0.15, 0.2) is 58.3 Å². The van der Waals surface area contributed by atoms with Crippen molar-refractivity contribution in [3.63, 3.8) is 0 Å². The SMILES string of the molecule is O=C(NCc1ccc(F)c(Cl)c1)c1csc(C2CCN(C(=O)c3cc4ccccc4o3)CC2)n1. The number of fused-ring (bicyclic) bond motifs is 1. The molecule has 9 heteroatoms. The van der Waals surface area contributed by atoms with E-state index in [1.807, 2.05) is 29.2 Å². The predicted octanol–water partition coefficient (Wildman–Crippen LogP) is 5.63. The van der Waals surface area contributed by atoms with Gasteiger partial charge in [0.15, 0.2) is 5.76 Å². The summed E-state index contributed by atoms with van der Waals surface area (Å²) in [6.07, 6.45) is 1.54. The van der Waals surface area contributed by atoms with Crippen molar-refractivity contribution < 1.29 is 18.4 Å². The fraction of sp³-hybridized carbons (Fsp3) is 0.240. The Morgan fingerprint density at radius 2 is 1.97 bits per heavy atom. The van der Waals surface area contributed by atoms with E-state index in [4.69, 9.17) is 16.0 Å². The lowest BCUT2D eigenvalue weighted by molar-refractivity contribution is 0.0683. The Kier molecular flexibility index (Phi) is 6.34. The van der Waals surface area contributed by atoms with Gasteiger partial charge in [0.2, 0.25) is 0 Å². The van der Waals surface area contributed by atoms with Crippen LogP contribution in [0, 0.1) is 5.82 Å². The van der Waals surface area contributed by atoms with Crippen molar-refractivity contribution in [3.05, 3.63) is 86.8 Å². The second-order valence-corrected chi connectivity index (χ2v) is 9.51. The largest absolute Gasteiger partial charge is 0.451 e. The smallest absolute Gasteiger partial charge is 0.289 e. The quantitative estimate of drug-likeness (QED) is 0.387. The minimum Gasteiger partial charge on any atom is -0.451 e. The third-order valence-electron chi connectivity index (χ3n) is 5.96. The minimum atomic E-state index is -0.494. The average Bonchev–Trinajstić information content (AvgIpc) is 3.52. The summed E-state index contributed by atoms with van der Waals surface area (Å²) in [4.78, 5) is 31.7.